The Morgan fingerprint density at radius 1 is 1.70 bits per heavy atom. The highest BCUT2D eigenvalue weighted by molar-refractivity contribution is 7.98. The van der Waals surface area contributed by atoms with Crippen molar-refractivity contribution in [2.75, 3.05) is 5.75 Å². The van der Waals surface area contributed by atoms with Gasteiger partial charge in [0.1, 0.15) is 5.01 Å². The van der Waals surface area contributed by atoms with Gasteiger partial charge in [-0.3, -0.25) is 0 Å². The Morgan fingerprint density at radius 2 is 2.60 bits per heavy atom. The molecule has 0 aliphatic heterocycles. The van der Waals surface area contributed by atoms with Gasteiger partial charge < -0.3 is 0 Å². The fourth-order valence-electron chi connectivity index (χ4n) is 0.628. The highest BCUT2D eigenvalue weighted by Crippen LogP contribution is 2.14. The van der Waals surface area contributed by atoms with Gasteiger partial charge in [0, 0.05) is 17.3 Å². The van der Waals surface area contributed by atoms with Crippen LogP contribution in [0.2, 0.25) is 0 Å². The average Bonchev–Trinajstić information content (AvgIpc) is 2.41. The zero-order chi connectivity index (χ0) is 7.23. The third-order valence-corrected chi connectivity index (χ3v) is 3.19. The number of nitrogens with zero attached hydrogens (tertiary/aromatic N) is 1. The Hall–Kier alpha value is -0.0200. The van der Waals surface area contributed by atoms with Crippen molar-refractivity contribution in [3.05, 3.63) is 16.6 Å². The molecule has 0 unspecified atom stereocenters. The maximum absolute atomic E-state index is 4.19. The summed E-state index contributed by atoms with van der Waals surface area (Å²) in [5, 5.41) is 3.28. The van der Waals surface area contributed by atoms with E-state index < -0.39 is 0 Å². The molecule has 0 saturated heterocycles. The van der Waals surface area contributed by atoms with Crippen molar-refractivity contribution < 1.29 is 0 Å². The predicted octanol–water partition coefficient (Wildman–Crippen LogP) is 2.79. The van der Waals surface area contributed by atoms with Crippen LogP contribution >= 0.6 is 23.1 Å². The van der Waals surface area contributed by atoms with Crippen LogP contribution < -0.4 is 0 Å². The molecule has 0 radical (unpaired) electrons. The molecule has 0 aliphatic carbocycles. The van der Waals surface area contributed by atoms with E-state index in [2.05, 4.69) is 11.9 Å². The molecule has 0 amide bonds. The van der Waals surface area contributed by atoms with Crippen LogP contribution in [0.15, 0.2) is 11.6 Å². The zero-order valence-electron chi connectivity index (χ0n) is 6.04. The maximum Gasteiger partial charge on any atom is 0.102 e. The quantitative estimate of drug-likeness (QED) is 0.649. The molecule has 3 heteroatoms. The van der Waals surface area contributed by atoms with Crippen molar-refractivity contribution in [3.63, 3.8) is 0 Å². The lowest BCUT2D eigenvalue weighted by Crippen LogP contribution is -1.78. The van der Waals surface area contributed by atoms with Crippen LogP contribution in [0.3, 0.4) is 0 Å². The second-order valence-electron chi connectivity index (χ2n) is 1.98. The summed E-state index contributed by atoms with van der Waals surface area (Å²) in [5.41, 5.74) is 0. The molecule has 0 aliphatic rings. The molecule has 10 heavy (non-hydrogen) atoms. The molecule has 0 aromatic carbocycles. The van der Waals surface area contributed by atoms with Crippen LogP contribution in [-0.2, 0) is 5.75 Å². The van der Waals surface area contributed by atoms with Crippen LogP contribution in [0.25, 0.3) is 0 Å². The molecule has 0 atom stereocenters. The molecule has 56 valence electrons. The number of hydrogen-bond acceptors (Lipinski definition) is 3. The van der Waals surface area contributed by atoms with Crippen molar-refractivity contribution in [1.82, 2.24) is 4.98 Å². The van der Waals surface area contributed by atoms with Gasteiger partial charge in [-0.05, 0) is 12.2 Å². The van der Waals surface area contributed by atoms with E-state index in [1.807, 2.05) is 23.3 Å². The van der Waals surface area contributed by atoms with E-state index >= 15 is 0 Å². The first kappa shape index (κ1) is 8.08. The van der Waals surface area contributed by atoms with Crippen molar-refractivity contribution >= 4 is 23.1 Å². The standard InChI is InChI=1S/C7H11NS2/c1-2-4-9-6-7-8-3-5-10-7/h3,5H,2,4,6H2,1H3. The average molecular weight is 173 g/mol. The second-order valence-corrected chi connectivity index (χ2v) is 4.06. The molecule has 1 rings (SSSR count). The molecule has 1 heterocycles. The SMILES string of the molecule is CCCSCc1nccs1. The molecule has 0 bridgehead atoms. The van der Waals surface area contributed by atoms with Crippen LogP contribution in [0.4, 0.5) is 0 Å². The van der Waals surface area contributed by atoms with E-state index in [0.717, 1.165) is 5.75 Å². The Morgan fingerprint density at radius 3 is 3.20 bits per heavy atom. The predicted molar refractivity (Wildman–Crippen MR) is 48.6 cm³/mol. The van der Waals surface area contributed by atoms with Crippen LogP contribution in [-0.4, -0.2) is 10.7 Å². The summed E-state index contributed by atoms with van der Waals surface area (Å²) in [6, 6.07) is 0. The lowest BCUT2D eigenvalue weighted by molar-refractivity contribution is 1.10. The highest BCUT2D eigenvalue weighted by atomic mass is 32.2. The van der Waals surface area contributed by atoms with E-state index in [1.54, 1.807) is 11.3 Å². The maximum atomic E-state index is 4.19. The smallest absolute Gasteiger partial charge is 0.102 e. The topological polar surface area (TPSA) is 12.9 Å². The van der Waals surface area contributed by atoms with E-state index in [9.17, 15) is 0 Å². The zero-order valence-corrected chi connectivity index (χ0v) is 7.67. The normalized spacial score (nSPS) is 10.1. The fourth-order valence-corrected chi connectivity index (χ4v) is 2.23. The minimum atomic E-state index is 1.09. The minimum absolute atomic E-state index is 1.09. The molecule has 0 N–H and O–H groups in total. The lowest BCUT2D eigenvalue weighted by Gasteiger charge is -1.92. The molecule has 1 aromatic heterocycles. The van der Waals surface area contributed by atoms with Crippen LogP contribution in [0, 0.1) is 0 Å². The van der Waals surface area contributed by atoms with Crippen LogP contribution in [0.1, 0.15) is 18.4 Å². The molecule has 0 spiro atoms. The third kappa shape index (κ3) is 2.71. The molecule has 0 fully saturated rings. The lowest BCUT2D eigenvalue weighted by atomic mass is 10.6. The molecular formula is C7H11NS2. The molecule has 1 aromatic rings. The van der Waals surface area contributed by atoms with Gasteiger partial charge in [-0.25, -0.2) is 4.98 Å². The van der Waals surface area contributed by atoms with Gasteiger partial charge in [-0.2, -0.15) is 11.8 Å². The van der Waals surface area contributed by atoms with E-state index in [-0.39, 0.29) is 0 Å². The van der Waals surface area contributed by atoms with Crippen molar-refractivity contribution in [1.29, 1.82) is 0 Å². The van der Waals surface area contributed by atoms with Gasteiger partial charge >= 0.3 is 0 Å². The molecular weight excluding hydrogens is 162 g/mol. The minimum Gasteiger partial charge on any atom is -0.249 e. The Bertz CT molecular complexity index is 160. The third-order valence-electron chi connectivity index (χ3n) is 1.06. The summed E-state index contributed by atoms with van der Waals surface area (Å²) in [6.07, 6.45) is 3.13. The summed E-state index contributed by atoms with van der Waals surface area (Å²) in [6.45, 7) is 2.20. The van der Waals surface area contributed by atoms with Gasteiger partial charge in [-0.1, -0.05) is 6.92 Å². The van der Waals surface area contributed by atoms with E-state index in [4.69, 9.17) is 0 Å². The summed E-state index contributed by atoms with van der Waals surface area (Å²) in [5.74, 6) is 2.34. The number of thiazole rings is 1. The first-order chi connectivity index (χ1) is 4.93. The monoisotopic (exact) mass is 173 g/mol. The van der Waals surface area contributed by atoms with Crippen LogP contribution in [0.5, 0.6) is 0 Å². The van der Waals surface area contributed by atoms with Gasteiger partial charge in [0.05, 0.1) is 0 Å². The van der Waals surface area contributed by atoms with Crippen molar-refractivity contribution in [2.24, 2.45) is 0 Å². The van der Waals surface area contributed by atoms with Crippen molar-refractivity contribution in [3.8, 4) is 0 Å². The number of aromatic nitrogens is 1. The van der Waals surface area contributed by atoms with Gasteiger partial charge in [0.15, 0.2) is 0 Å². The first-order valence-corrected chi connectivity index (χ1v) is 5.43. The first-order valence-electron chi connectivity index (χ1n) is 3.39. The van der Waals surface area contributed by atoms with Crippen molar-refractivity contribution in [2.45, 2.75) is 19.1 Å². The number of thioether (sulfide) groups is 1. The summed E-state index contributed by atoms with van der Waals surface area (Å²) < 4.78 is 0. The van der Waals surface area contributed by atoms with E-state index in [1.165, 1.54) is 17.2 Å². The Labute approximate surface area is 69.9 Å². The second kappa shape index (κ2) is 4.74. The molecule has 0 saturated carbocycles. The summed E-state index contributed by atoms with van der Waals surface area (Å²) in [7, 11) is 0. The Kier molecular flexibility index (Phi) is 3.83. The summed E-state index contributed by atoms with van der Waals surface area (Å²) >= 11 is 3.70. The van der Waals surface area contributed by atoms with Gasteiger partial charge in [-0.15, -0.1) is 11.3 Å². The number of rotatable bonds is 4. The van der Waals surface area contributed by atoms with E-state index in [0.29, 0.717) is 0 Å². The van der Waals surface area contributed by atoms with Gasteiger partial charge in [0.25, 0.3) is 0 Å². The van der Waals surface area contributed by atoms with Gasteiger partial charge in [0.2, 0.25) is 0 Å². The highest BCUT2D eigenvalue weighted by Gasteiger charge is 1.93. The molecule has 1 nitrogen and oxygen atoms in total. The number of hydrogen-bond donors (Lipinski definition) is 0. The fraction of sp³-hybridized carbons (Fsp3) is 0.571. The Balaban J connectivity index is 2.15. The summed E-state index contributed by atoms with van der Waals surface area (Å²) in [4.78, 5) is 4.19. The largest absolute Gasteiger partial charge is 0.249 e.